The molecule has 1 fully saturated rings. The second-order valence-electron chi connectivity index (χ2n) is 6.38. The van der Waals surface area contributed by atoms with Crippen LogP contribution >= 0.6 is 11.6 Å². The van der Waals surface area contributed by atoms with Crippen LogP contribution in [0.3, 0.4) is 0 Å². The van der Waals surface area contributed by atoms with E-state index in [0.717, 1.165) is 18.8 Å². The van der Waals surface area contributed by atoms with Gasteiger partial charge in [0.1, 0.15) is 16.8 Å². The van der Waals surface area contributed by atoms with Crippen LogP contribution in [0.1, 0.15) is 5.69 Å². The minimum Gasteiger partial charge on any atom is -0.367 e. The standard InChI is InChI=1S/C20H17ClN6O/c21-19-18(14-24-27(20(19)28)16-4-2-1-3-5-16)26-10-8-25(9-11-26)17-7-6-15(12-22)23-13-17/h1-7,13-14H,8-11H2. The number of hydrogen-bond acceptors (Lipinski definition) is 6. The topological polar surface area (TPSA) is 78.0 Å². The number of nitriles is 1. The van der Waals surface area contributed by atoms with E-state index in [9.17, 15) is 4.79 Å². The Bertz CT molecular complexity index is 1070. The Kier molecular flexibility index (Phi) is 4.96. The summed E-state index contributed by atoms with van der Waals surface area (Å²) >= 11 is 6.40. The molecule has 0 bridgehead atoms. The zero-order valence-electron chi connectivity index (χ0n) is 15.0. The van der Waals surface area contributed by atoms with Crippen molar-refractivity contribution in [2.75, 3.05) is 36.0 Å². The highest BCUT2D eigenvalue weighted by Gasteiger charge is 2.22. The molecule has 3 heterocycles. The fraction of sp³-hybridized carbons (Fsp3) is 0.200. The van der Waals surface area contributed by atoms with E-state index in [1.54, 1.807) is 18.5 Å². The summed E-state index contributed by atoms with van der Waals surface area (Å²) in [6.07, 6.45) is 3.36. The minimum atomic E-state index is -0.330. The van der Waals surface area contributed by atoms with E-state index < -0.39 is 0 Å². The van der Waals surface area contributed by atoms with Gasteiger partial charge in [-0.15, -0.1) is 0 Å². The summed E-state index contributed by atoms with van der Waals surface area (Å²) < 4.78 is 1.31. The molecule has 0 unspecified atom stereocenters. The van der Waals surface area contributed by atoms with Gasteiger partial charge in [-0.3, -0.25) is 4.79 Å². The summed E-state index contributed by atoms with van der Waals surface area (Å²) in [5.74, 6) is 0. The van der Waals surface area contributed by atoms with Gasteiger partial charge in [0.2, 0.25) is 0 Å². The summed E-state index contributed by atoms with van der Waals surface area (Å²) in [6, 6.07) is 14.8. The van der Waals surface area contributed by atoms with Crippen molar-refractivity contribution in [3.8, 4) is 11.8 Å². The molecule has 2 aromatic heterocycles. The van der Waals surface area contributed by atoms with Gasteiger partial charge < -0.3 is 9.80 Å². The van der Waals surface area contributed by atoms with E-state index in [-0.39, 0.29) is 10.6 Å². The maximum atomic E-state index is 12.7. The number of nitrogens with zero attached hydrogens (tertiary/aromatic N) is 6. The molecular weight excluding hydrogens is 376 g/mol. The third-order valence-corrected chi connectivity index (χ3v) is 5.10. The van der Waals surface area contributed by atoms with Crippen LogP contribution in [0.4, 0.5) is 11.4 Å². The van der Waals surface area contributed by atoms with Crippen LogP contribution in [0.5, 0.6) is 0 Å². The first-order chi connectivity index (χ1) is 13.7. The van der Waals surface area contributed by atoms with Crippen LogP contribution in [0.2, 0.25) is 5.02 Å². The molecule has 8 heteroatoms. The monoisotopic (exact) mass is 392 g/mol. The summed E-state index contributed by atoms with van der Waals surface area (Å²) in [5.41, 5.74) is 2.38. The third-order valence-electron chi connectivity index (χ3n) is 4.75. The van der Waals surface area contributed by atoms with Crippen LogP contribution in [-0.2, 0) is 0 Å². The highest BCUT2D eigenvalue weighted by atomic mass is 35.5. The SMILES string of the molecule is N#Cc1ccc(N2CCN(c3cnn(-c4ccccc4)c(=O)c3Cl)CC2)cn1. The number of anilines is 2. The Labute approximate surface area is 167 Å². The van der Waals surface area contributed by atoms with E-state index >= 15 is 0 Å². The molecule has 0 saturated carbocycles. The second kappa shape index (κ2) is 7.71. The Hall–Kier alpha value is -3.37. The van der Waals surface area contributed by atoms with Crippen molar-refractivity contribution >= 4 is 23.0 Å². The molecule has 0 spiro atoms. The summed E-state index contributed by atoms with van der Waals surface area (Å²) in [7, 11) is 0. The van der Waals surface area contributed by atoms with Crippen molar-refractivity contribution in [3.63, 3.8) is 0 Å². The smallest absolute Gasteiger partial charge is 0.292 e. The molecule has 0 amide bonds. The lowest BCUT2D eigenvalue weighted by molar-refractivity contribution is 0.648. The van der Waals surface area contributed by atoms with E-state index in [1.165, 1.54) is 4.68 Å². The molecule has 1 saturated heterocycles. The van der Waals surface area contributed by atoms with Gasteiger partial charge in [0.15, 0.2) is 0 Å². The molecule has 4 rings (SSSR count). The van der Waals surface area contributed by atoms with Gasteiger partial charge in [0, 0.05) is 26.2 Å². The summed E-state index contributed by atoms with van der Waals surface area (Å²) in [5, 5.41) is 13.3. The second-order valence-corrected chi connectivity index (χ2v) is 6.76. The van der Waals surface area contributed by atoms with Crippen molar-refractivity contribution in [1.29, 1.82) is 5.26 Å². The zero-order chi connectivity index (χ0) is 19.5. The van der Waals surface area contributed by atoms with E-state index in [4.69, 9.17) is 16.9 Å². The van der Waals surface area contributed by atoms with E-state index in [2.05, 4.69) is 19.9 Å². The summed E-state index contributed by atoms with van der Waals surface area (Å²) in [4.78, 5) is 21.1. The van der Waals surface area contributed by atoms with E-state index in [1.807, 2.05) is 42.5 Å². The number of benzene rings is 1. The molecule has 3 aromatic rings. The lowest BCUT2D eigenvalue weighted by Crippen LogP contribution is -2.47. The highest BCUT2D eigenvalue weighted by molar-refractivity contribution is 6.33. The van der Waals surface area contributed by atoms with E-state index in [0.29, 0.717) is 30.2 Å². The zero-order valence-corrected chi connectivity index (χ0v) is 15.8. The number of pyridine rings is 1. The molecule has 140 valence electrons. The first kappa shape index (κ1) is 18.0. The van der Waals surface area contributed by atoms with Crippen molar-refractivity contribution in [3.05, 3.63) is 75.9 Å². The largest absolute Gasteiger partial charge is 0.367 e. The first-order valence-electron chi connectivity index (χ1n) is 8.86. The third kappa shape index (κ3) is 3.42. The molecule has 0 radical (unpaired) electrons. The molecule has 0 N–H and O–H groups in total. The molecule has 0 atom stereocenters. The average molecular weight is 393 g/mol. The number of rotatable bonds is 3. The van der Waals surface area contributed by atoms with Gasteiger partial charge in [0.25, 0.3) is 5.56 Å². The predicted molar refractivity (Wildman–Crippen MR) is 108 cm³/mol. The number of halogens is 1. The van der Waals surface area contributed by atoms with Gasteiger partial charge in [-0.05, 0) is 24.3 Å². The molecule has 7 nitrogen and oxygen atoms in total. The molecule has 28 heavy (non-hydrogen) atoms. The molecule has 1 aromatic carbocycles. The average Bonchev–Trinajstić information content (AvgIpc) is 2.76. The van der Waals surface area contributed by atoms with Gasteiger partial charge in [-0.1, -0.05) is 29.8 Å². The summed E-state index contributed by atoms with van der Waals surface area (Å²) in [6.45, 7) is 2.92. The van der Waals surface area contributed by atoms with Gasteiger partial charge in [-0.25, -0.2) is 4.98 Å². The van der Waals surface area contributed by atoms with Gasteiger partial charge >= 0.3 is 0 Å². The number of hydrogen-bond donors (Lipinski definition) is 0. The lowest BCUT2D eigenvalue weighted by Gasteiger charge is -2.37. The fourth-order valence-corrected chi connectivity index (χ4v) is 3.49. The lowest BCUT2D eigenvalue weighted by atomic mass is 10.2. The molecular formula is C20H17ClN6O. The molecule has 1 aliphatic rings. The first-order valence-corrected chi connectivity index (χ1v) is 9.24. The number of piperazine rings is 1. The Morgan fingerprint density at radius 1 is 0.929 bits per heavy atom. The Morgan fingerprint density at radius 2 is 1.64 bits per heavy atom. The van der Waals surface area contributed by atoms with Crippen LogP contribution in [0.25, 0.3) is 5.69 Å². The molecule has 1 aliphatic heterocycles. The van der Waals surface area contributed by atoms with Crippen LogP contribution < -0.4 is 15.4 Å². The Balaban J connectivity index is 1.51. The Morgan fingerprint density at radius 3 is 2.29 bits per heavy atom. The highest BCUT2D eigenvalue weighted by Crippen LogP contribution is 2.24. The van der Waals surface area contributed by atoms with Gasteiger partial charge in [-0.2, -0.15) is 15.0 Å². The van der Waals surface area contributed by atoms with Crippen LogP contribution in [-0.4, -0.2) is 40.9 Å². The van der Waals surface area contributed by atoms with Crippen molar-refractivity contribution < 1.29 is 0 Å². The van der Waals surface area contributed by atoms with Crippen LogP contribution in [0, 0.1) is 11.3 Å². The molecule has 0 aliphatic carbocycles. The predicted octanol–water partition coefficient (Wildman–Crippen LogP) is 2.48. The minimum absolute atomic E-state index is 0.173. The quantitative estimate of drug-likeness (QED) is 0.681. The van der Waals surface area contributed by atoms with Gasteiger partial charge in [0.05, 0.1) is 29.5 Å². The van der Waals surface area contributed by atoms with Crippen molar-refractivity contribution in [2.45, 2.75) is 0 Å². The van der Waals surface area contributed by atoms with Crippen molar-refractivity contribution in [2.24, 2.45) is 0 Å². The number of para-hydroxylation sites is 1. The maximum Gasteiger partial charge on any atom is 0.292 e. The van der Waals surface area contributed by atoms with Crippen molar-refractivity contribution in [1.82, 2.24) is 14.8 Å². The normalized spacial score (nSPS) is 14.0. The maximum absolute atomic E-state index is 12.7. The van der Waals surface area contributed by atoms with Crippen LogP contribution in [0.15, 0.2) is 59.7 Å². The number of aromatic nitrogens is 3. The fourth-order valence-electron chi connectivity index (χ4n) is 3.24.